The lowest BCUT2D eigenvalue weighted by molar-refractivity contribution is -0.125. The summed E-state index contributed by atoms with van der Waals surface area (Å²) in [5.41, 5.74) is 7.02. The Morgan fingerprint density at radius 1 is 1.19 bits per heavy atom. The second-order valence-electron chi connectivity index (χ2n) is 7.53. The third kappa shape index (κ3) is 7.02. The Morgan fingerprint density at radius 3 is 2.37 bits per heavy atom. The van der Waals surface area contributed by atoms with Crippen LogP contribution in [0, 0.1) is 0 Å². The largest absolute Gasteiger partial charge is 0.465 e. The fourth-order valence-corrected chi connectivity index (χ4v) is 2.77. The van der Waals surface area contributed by atoms with Gasteiger partial charge in [-0.15, -0.1) is 0 Å². The summed E-state index contributed by atoms with van der Waals surface area (Å²) in [6, 6.07) is 4.43. The summed E-state index contributed by atoms with van der Waals surface area (Å²) >= 11 is 0. The molecule has 4 N–H and O–H groups in total. The van der Waals surface area contributed by atoms with E-state index in [4.69, 9.17) is 10.5 Å². The molecule has 0 radical (unpaired) electrons. The minimum atomic E-state index is -0.663. The van der Waals surface area contributed by atoms with Gasteiger partial charge in [0, 0.05) is 12.6 Å². The maximum absolute atomic E-state index is 12.8. The van der Waals surface area contributed by atoms with Crippen LogP contribution in [0.3, 0.4) is 0 Å². The van der Waals surface area contributed by atoms with Crippen molar-refractivity contribution in [2.45, 2.75) is 58.4 Å². The molecule has 0 saturated carbocycles. The first kappa shape index (κ1) is 22.6. The van der Waals surface area contributed by atoms with Crippen molar-refractivity contribution in [2.24, 2.45) is 5.73 Å². The molecule has 0 aliphatic carbocycles. The maximum Gasteiger partial charge on any atom is 0.337 e. The van der Waals surface area contributed by atoms with Crippen LogP contribution in [-0.2, 0) is 19.7 Å². The number of hydrogen-bond acceptors (Lipinski definition) is 5. The van der Waals surface area contributed by atoms with Crippen molar-refractivity contribution in [3.8, 4) is 0 Å². The molecule has 150 valence electrons. The fourth-order valence-electron chi connectivity index (χ4n) is 2.77. The average molecular weight is 377 g/mol. The minimum absolute atomic E-state index is 0.250. The Labute approximate surface area is 161 Å². The van der Waals surface area contributed by atoms with Crippen LogP contribution in [0.25, 0.3) is 0 Å². The number of ether oxygens (including phenoxy) is 1. The van der Waals surface area contributed by atoms with E-state index in [2.05, 4.69) is 10.6 Å². The van der Waals surface area contributed by atoms with Crippen LogP contribution < -0.4 is 16.4 Å². The van der Waals surface area contributed by atoms with E-state index >= 15 is 0 Å². The predicted octanol–water partition coefficient (Wildman–Crippen LogP) is 2.34. The summed E-state index contributed by atoms with van der Waals surface area (Å²) in [5, 5.41) is 5.56. The number of anilines is 1. The van der Waals surface area contributed by atoms with Crippen molar-refractivity contribution in [3.63, 3.8) is 0 Å². The third-order valence-electron chi connectivity index (χ3n) is 4.15. The van der Waals surface area contributed by atoms with Gasteiger partial charge in [0.1, 0.15) is 6.04 Å². The zero-order valence-electron chi connectivity index (χ0n) is 16.8. The molecule has 0 aliphatic rings. The maximum atomic E-state index is 12.8. The standard InChI is InChI=1S/C20H31N3O4/c1-13(24)22-16(8-6-7-11-21)18(25)23-17-12-14(19(26)27-5)9-10-15(17)20(2,3)4/h9-10,12,16H,6-8,11,21H2,1-5H3,(H,22,24)(H,23,25)/t16-/m0/s1. The Hall–Kier alpha value is -2.41. The van der Waals surface area contributed by atoms with Gasteiger partial charge >= 0.3 is 5.97 Å². The summed E-state index contributed by atoms with van der Waals surface area (Å²) in [4.78, 5) is 36.1. The highest BCUT2D eigenvalue weighted by Crippen LogP contribution is 2.31. The van der Waals surface area contributed by atoms with Crippen LogP contribution in [0.5, 0.6) is 0 Å². The van der Waals surface area contributed by atoms with Crippen LogP contribution in [0.15, 0.2) is 18.2 Å². The molecule has 0 fully saturated rings. The molecule has 0 aromatic heterocycles. The van der Waals surface area contributed by atoms with Gasteiger partial charge in [0.25, 0.3) is 0 Å². The molecule has 0 aliphatic heterocycles. The number of unbranched alkanes of at least 4 members (excludes halogenated alkanes) is 1. The average Bonchev–Trinajstić information content (AvgIpc) is 2.58. The summed E-state index contributed by atoms with van der Waals surface area (Å²) in [6.45, 7) is 7.96. The van der Waals surface area contributed by atoms with Crippen molar-refractivity contribution < 1.29 is 19.1 Å². The van der Waals surface area contributed by atoms with Gasteiger partial charge in [0.2, 0.25) is 11.8 Å². The third-order valence-corrected chi connectivity index (χ3v) is 4.15. The summed E-state index contributed by atoms with van der Waals surface area (Å²) in [5.74, 6) is -1.08. The second kappa shape index (κ2) is 10.1. The smallest absolute Gasteiger partial charge is 0.337 e. The van der Waals surface area contributed by atoms with Crippen molar-refractivity contribution >= 4 is 23.5 Å². The van der Waals surface area contributed by atoms with E-state index in [1.165, 1.54) is 14.0 Å². The molecule has 1 rings (SSSR count). The number of rotatable bonds is 8. The molecule has 0 spiro atoms. The first-order chi connectivity index (χ1) is 12.6. The Balaban J connectivity index is 3.14. The van der Waals surface area contributed by atoms with Gasteiger partial charge in [-0.2, -0.15) is 0 Å². The molecule has 1 aromatic rings. The van der Waals surface area contributed by atoms with Crippen molar-refractivity contribution in [1.82, 2.24) is 5.32 Å². The van der Waals surface area contributed by atoms with Crippen LogP contribution in [0.1, 0.15) is 62.9 Å². The molecule has 1 aromatic carbocycles. The van der Waals surface area contributed by atoms with E-state index < -0.39 is 12.0 Å². The van der Waals surface area contributed by atoms with E-state index in [0.29, 0.717) is 24.2 Å². The SMILES string of the molecule is COC(=O)c1ccc(C(C)(C)C)c(NC(=O)[C@H](CCCCN)NC(C)=O)c1. The molecule has 7 heteroatoms. The quantitative estimate of drug-likeness (QED) is 0.476. The molecular formula is C20H31N3O4. The minimum Gasteiger partial charge on any atom is -0.465 e. The number of amides is 2. The number of nitrogens with one attached hydrogen (secondary N) is 2. The number of methoxy groups -OCH3 is 1. The summed E-state index contributed by atoms with van der Waals surface area (Å²) in [7, 11) is 1.31. The lowest BCUT2D eigenvalue weighted by Gasteiger charge is -2.25. The number of carbonyl (C=O) groups is 3. The van der Waals surface area contributed by atoms with Gasteiger partial charge in [0.05, 0.1) is 12.7 Å². The van der Waals surface area contributed by atoms with E-state index in [1.807, 2.05) is 26.8 Å². The van der Waals surface area contributed by atoms with Crippen molar-refractivity contribution in [1.29, 1.82) is 0 Å². The van der Waals surface area contributed by atoms with Crippen molar-refractivity contribution in [2.75, 3.05) is 19.0 Å². The monoisotopic (exact) mass is 377 g/mol. The fraction of sp³-hybridized carbons (Fsp3) is 0.550. The molecule has 7 nitrogen and oxygen atoms in total. The molecule has 27 heavy (non-hydrogen) atoms. The predicted molar refractivity (Wildman–Crippen MR) is 106 cm³/mol. The van der Waals surface area contributed by atoms with E-state index in [-0.39, 0.29) is 17.2 Å². The number of nitrogens with two attached hydrogens (primary N) is 1. The van der Waals surface area contributed by atoms with Gasteiger partial charge in [-0.3, -0.25) is 9.59 Å². The molecule has 0 unspecified atom stereocenters. The second-order valence-corrected chi connectivity index (χ2v) is 7.53. The number of hydrogen-bond donors (Lipinski definition) is 3. The van der Waals surface area contributed by atoms with Crippen molar-refractivity contribution in [3.05, 3.63) is 29.3 Å². The Bertz CT molecular complexity index is 680. The molecule has 0 heterocycles. The first-order valence-corrected chi connectivity index (χ1v) is 9.11. The summed E-state index contributed by atoms with van der Waals surface area (Å²) < 4.78 is 4.77. The highest BCUT2D eigenvalue weighted by Gasteiger charge is 2.24. The Kier molecular flexibility index (Phi) is 8.43. The lowest BCUT2D eigenvalue weighted by atomic mass is 9.85. The zero-order valence-corrected chi connectivity index (χ0v) is 16.8. The summed E-state index contributed by atoms with van der Waals surface area (Å²) in [6.07, 6.45) is 1.99. The van der Waals surface area contributed by atoms with Gasteiger partial charge in [-0.25, -0.2) is 4.79 Å². The van der Waals surface area contributed by atoms with E-state index in [1.54, 1.807) is 12.1 Å². The normalized spacial score (nSPS) is 12.2. The van der Waals surface area contributed by atoms with Gasteiger partial charge < -0.3 is 21.1 Å². The van der Waals surface area contributed by atoms with Gasteiger partial charge in [-0.1, -0.05) is 26.8 Å². The number of benzene rings is 1. The molecule has 0 saturated heterocycles. The Morgan fingerprint density at radius 2 is 1.85 bits per heavy atom. The zero-order chi connectivity index (χ0) is 20.6. The molecule has 1 atom stereocenters. The van der Waals surface area contributed by atoms with Crippen LogP contribution in [0.4, 0.5) is 5.69 Å². The van der Waals surface area contributed by atoms with Crippen LogP contribution >= 0.6 is 0 Å². The number of esters is 1. The highest BCUT2D eigenvalue weighted by atomic mass is 16.5. The topological polar surface area (TPSA) is 111 Å². The van der Waals surface area contributed by atoms with E-state index in [0.717, 1.165) is 18.4 Å². The lowest BCUT2D eigenvalue weighted by Crippen LogP contribution is -2.43. The van der Waals surface area contributed by atoms with Crippen LogP contribution in [0.2, 0.25) is 0 Å². The molecule has 2 amide bonds. The van der Waals surface area contributed by atoms with Crippen LogP contribution in [-0.4, -0.2) is 37.5 Å². The van der Waals surface area contributed by atoms with Gasteiger partial charge in [0.15, 0.2) is 0 Å². The highest BCUT2D eigenvalue weighted by molar-refractivity contribution is 5.99. The van der Waals surface area contributed by atoms with E-state index in [9.17, 15) is 14.4 Å². The number of carbonyl (C=O) groups excluding carboxylic acids is 3. The van der Waals surface area contributed by atoms with Gasteiger partial charge in [-0.05, 0) is 48.9 Å². The first-order valence-electron chi connectivity index (χ1n) is 9.11. The molecular weight excluding hydrogens is 346 g/mol. The molecule has 0 bridgehead atoms.